The van der Waals surface area contributed by atoms with Crippen LogP contribution in [0.1, 0.15) is 5.56 Å². The lowest BCUT2D eigenvalue weighted by atomic mass is 9.83. The molecule has 0 saturated carbocycles. The number of carbonyl (C=O) groups excluding carboxylic acids is 2. The number of aromatic hydroxyl groups is 1. The quantitative estimate of drug-likeness (QED) is 0.0800. The van der Waals surface area contributed by atoms with E-state index >= 15 is 0 Å². The SMILES string of the molecule is O=C(/C=C/c1ccc(O)cc1)C1=C(O)C2=C(OC3C2OC(CO)C(O)C3O)C(O)(OC2OC(CO)C(O)C(O)C2O)C1=O. The summed E-state index contributed by atoms with van der Waals surface area (Å²) in [7, 11) is 0. The van der Waals surface area contributed by atoms with Gasteiger partial charge in [-0.3, -0.25) is 9.59 Å². The largest absolute Gasteiger partial charge is 0.508 e. The lowest BCUT2D eigenvalue weighted by Gasteiger charge is -2.43. The van der Waals surface area contributed by atoms with Crippen LogP contribution >= 0.6 is 0 Å². The molecule has 234 valence electrons. The smallest absolute Gasteiger partial charge is 0.294 e. The van der Waals surface area contributed by atoms with Gasteiger partial charge in [-0.15, -0.1) is 0 Å². The van der Waals surface area contributed by atoms with Crippen molar-refractivity contribution >= 4 is 17.6 Å². The summed E-state index contributed by atoms with van der Waals surface area (Å²) in [6.45, 7) is -1.70. The second-order valence-electron chi connectivity index (χ2n) is 10.4. The summed E-state index contributed by atoms with van der Waals surface area (Å²) in [5, 5.41) is 103. The molecular weight excluding hydrogens is 580 g/mol. The van der Waals surface area contributed by atoms with Crippen LogP contribution in [-0.2, 0) is 28.5 Å². The van der Waals surface area contributed by atoms with Crippen molar-refractivity contribution < 1.29 is 79.6 Å². The molecule has 16 nitrogen and oxygen atoms in total. The van der Waals surface area contributed by atoms with Gasteiger partial charge in [0, 0.05) is 0 Å². The molecule has 11 atom stereocenters. The van der Waals surface area contributed by atoms with Crippen LogP contribution in [0.15, 0.2) is 53.0 Å². The number of phenolic OH excluding ortho intramolecular Hbond substituents is 1. The van der Waals surface area contributed by atoms with E-state index in [4.69, 9.17) is 18.9 Å². The molecule has 2 saturated heterocycles. The molecular formula is C27H30O16. The van der Waals surface area contributed by atoms with Gasteiger partial charge in [-0.05, 0) is 23.8 Å². The van der Waals surface area contributed by atoms with Gasteiger partial charge in [-0.2, -0.15) is 0 Å². The number of fused-ring (bicyclic) bond motifs is 2. The van der Waals surface area contributed by atoms with Crippen molar-refractivity contribution in [3.63, 3.8) is 0 Å². The van der Waals surface area contributed by atoms with Crippen LogP contribution < -0.4 is 0 Å². The van der Waals surface area contributed by atoms with Gasteiger partial charge in [0.1, 0.15) is 65.9 Å². The number of aliphatic hydroxyl groups is 9. The Morgan fingerprint density at radius 2 is 1.49 bits per heavy atom. The van der Waals surface area contributed by atoms with Crippen LogP contribution in [0.4, 0.5) is 0 Å². The summed E-state index contributed by atoms with van der Waals surface area (Å²) in [6, 6.07) is 5.51. The van der Waals surface area contributed by atoms with Crippen molar-refractivity contribution in [2.45, 2.75) is 67.0 Å². The first-order chi connectivity index (χ1) is 20.3. The van der Waals surface area contributed by atoms with Crippen LogP contribution in [0.25, 0.3) is 6.08 Å². The second kappa shape index (κ2) is 11.7. The van der Waals surface area contributed by atoms with E-state index in [9.17, 15) is 60.7 Å². The van der Waals surface area contributed by atoms with Gasteiger partial charge >= 0.3 is 0 Å². The van der Waals surface area contributed by atoms with E-state index in [-0.39, 0.29) is 5.75 Å². The Bertz CT molecular complexity index is 1350. The summed E-state index contributed by atoms with van der Waals surface area (Å²) in [4.78, 5) is 27.1. The van der Waals surface area contributed by atoms with E-state index in [0.29, 0.717) is 5.56 Å². The summed E-state index contributed by atoms with van der Waals surface area (Å²) in [5.74, 6) is -8.23. The van der Waals surface area contributed by atoms with Crippen molar-refractivity contribution in [1.29, 1.82) is 0 Å². The monoisotopic (exact) mass is 610 g/mol. The number of benzene rings is 1. The standard InChI is InChI=1S/C27H30O16/c28-7-12-17(33)20(36)23-22(40-12)15-18(34)14(11(31)6-3-9-1-4-10(30)5-2-9)24(38)27(39,25(15)42-23)43-26-21(37)19(35)16(32)13(8-29)41-26/h1-6,12-13,16-17,19-23,26,28-30,32-37,39H,7-8H2/b6-3+. The third-order valence-electron chi connectivity index (χ3n) is 7.69. The lowest BCUT2D eigenvalue weighted by Crippen LogP contribution is -2.62. The van der Waals surface area contributed by atoms with Gasteiger partial charge in [0.2, 0.25) is 5.78 Å². The number of hydrogen-bond acceptors (Lipinski definition) is 16. The summed E-state index contributed by atoms with van der Waals surface area (Å²) in [6.07, 6.45) is -15.7. The third-order valence-corrected chi connectivity index (χ3v) is 7.69. The van der Waals surface area contributed by atoms with E-state index in [1.807, 2.05) is 0 Å². The van der Waals surface area contributed by atoms with Crippen molar-refractivity contribution in [2.75, 3.05) is 13.2 Å². The molecule has 3 heterocycles. The number of ketones is 2. The molecule has 0 radical (unpaired) electrons. The predicted octanol–water partition coefficient (Wildman–Crippen LogP) is -3.99. The molecule has 5 rings (SSSR count). The zero-order valence-corrected chi connectivity index (χ0v) is 22.1. The predicted molar refractivity (Wildman–Crippen MR) is 136 cm³/mol. The molecule has 0 spiro atoms. The Morgan fingerprint density at radius 1 is 0.884 bits per heavy atom. The van der Waals surface area contributed by atoms with E-state index in [2.05, 4.69) is 0 Å². The molecule has 10 N–H and O–H groups in total. The fraction of sp³-hybridized carbons (Fsp3) is 0.481. The topological polar surface area (TPSA) is 273 Å². The summed E-state index contributed by atoms with van der Waals surface area (Å²) in [5.41, 5.74) is -1.23. The van der Waals surface area contributed by atoms with Crippen LogP contribution in [-0.4, -0.2) is 143 Å². The average molecular weight is 611 g/mol. The van der Waals surface area contributed by atoms with Crippen molar-refractivity contribution in [3.8, 4) is 5.75 Å². The van der Waals surface area contributed by atoms with Crippen LogP contribution in [0.2, 0.25) is 0 Å². The number of rotatable bonds is 7. The number of phenols is 1. The normalized spacial score (nSPS) is 39.6. The number of allylic oxidation sites excluding steroid dienone is 1. The van der Waals surface area contributed by atoms with E-state index in [0.717, 1.165) is 6.08 Å². The molecule has 0 amide bonds. The minimum Gasteiger partial charge on any atom is -0.508 e. The van der Waals surface area contributed by atoms with E-state index < -0.39 is 114 Å². The van der Waals surface area contributed by atoms with Crippen molar-refractivity contribution in [3.05, 3.63) is 58.6 Å². The van der Waals surface area contributed by atoms with Gasteiger partial charge < -0.3 is 70.0 Å². The number of hydrogen-bond donors (Lipinski definition) is 10. The molecule has 2 fully saturated rings. The molecule has 4 aliphatic rings. The maximum Gasteiger partial charge on any atom is 0.294 e. The first-order valence-electron chi connectivity index (χ1n) is 13.1. The number of aliphatic hydroxyl groups excluding tert-OH is 8. The minimum absolute atomic E-state index is 0.0575. The molecule has 0 aromatic heterocycles. The number of ether oxygens (including phenoxy) is 4. The third kappa shape index (κ3) is 5.15. The first kappa shape index (κ1) is 31.2. The van der Waals surface area contributed by atoms with Crippen molar-refractivity contribution in [2.24, 2.45) is 0 Å². The molecule has 43 heavy (non-hydrogen) atoms. The Kier molecular flexibility index (Phi) is 8.47. The maximum absolute atomic E-state index is 13.8. The Morgan fingerprint density at radius 3 is 2.12 bits per heavy atom. The van der Waals surface area contributed by atoms with Gasteiger partial charge in [0.25, 0.3) is 5.79 Å². The Balaban J connectivity index is 1.58. The Hall–Kier alpha value is -3.26. The van der Waals surface area contributed by atoms with Gasteiger partial charge in [0.15, 0.2) is 23.9 Å². The van der Waals surface area contributed by atoms with Gasteiger partial charge in [-0.25, -0.2) is 0 Å². The van der Waals surface area contributed by atoms with Crippen LogP contribution in [0.5, 0.6) is 5.75 Å². The molecule has 0 bridgehead atoms. The highest BCUT2D eigenvalue weighted by molar-refractivity contribution is 6.28. The van der Waals surface area contributed by atoms with Gasteiger partial charge in [0.05, 0.1) is 18.8 Å². The highest BCUT2D eigenvalue weighted by Crippen LogP contribution is 2.48. The fourth-order valence-electron chi connectivity index (χ4n) is 5.31. The molecule has 1 aromatic rings. The van der Waals surface area contributed by atoms with Crippen molar-refractivity contribution in [1.82, 2.24) is 0 Å². The van der Waals surface area contributed by atoms with E-state index in [1.165, 1.54) is 30.3 Å². The zero-order valence-electron chi connectivity index (χ0n) is 22.1. The number of carbonyl (C=O) groups is 2. The lowest BCUT2D eigenvalue weighted by molar-refractivity contribution is -0.349. The van der Waals surface area contributed by atoms with Gasteiger partial charge in [-0.1, -0.05) is 18.2 Å². The molecule has 11 unspecified atom stereocenters. The number of Topliss-reactive ketones (excluding diaryl/α,β-unsaturated/α-hetero) is 1. The fourth-order valence-corrected chi connectivity index (χ4v) is 5.31. The van der Waals surface area contributed by atoms with Crippen LogP contribution in [0, 0.1) is 0 Å². The second-order valence-corrected chi connectivity index (χ2v) is 10.4. The molecule has 1 aliphatic carbocycles. The zero-order chi connectivity index (χ0) is 31.4. The Labute approximate surface area is 242 Å². The minimum atomic E-state index is -3.41. The van der Waals surface area contributed by atoms with Crippen LogP contribution in [0.3, 0.4) is 0 Å². The average Bonchev–Trinajstić information content (AvgIpc) is 3.39. The molecule has 3 aliphatic heterocycles. The maximum atomic E-state index is 13.8. The summed E-state index contributed by atoms with van der Waals surface area (Å²) < 4.78 is 21.8. The highest BCUT2D eigenvalue weighted by Gasteiger charge is 2.64. The van der Waals surface area contributed by atoms with E-state index in [1.54, 1.807) is 0 Å². The molecule has 1 aromatic carbocycles. The first-order valence-corrected chi connectivity index (χ1v) is 13.1. The summed E-state index contributed by atoms with van der Waals surface area (Å²) >= 11 is 0. The molecule has 16 heteroatoms. The highest BCUT2D eigenvalue weighted by atomic mass is 16.8.